The molecule has 0 amide bonds. The number of piperidine rings is 1. The van der Waals surface area contributed by atoms with Gasteiger partial charge in [-0.1, -0.05) is 20.8 Å². The fraction of sp³-hybridized carbons (Fsp3) is 1.00. The molecule has 1 aliphatic heterocycles. The van der Waals surface area contributed by atoms with Gasteiger partial charge in [0.2, 0.25) is 0 Å². The summed E-state index contributed by atoms with van der Waals surface area (Å²) in [5.74, 6) is 0.920. The first-order valence-electron chi connectivity index (χ1n) is 6.22. The maximum Gasteiger partial charge on any atom is 0.0468 e. The highest BCUT2D eigenvalue weighted by Crippen LogP contribution is 2.15. The maximum absolute atomic E-state index is 5.47. The van der Waals surface area contributed by atoms with Gasteiger partial charge in [-0.15, -0.1) is 0 Å². The summed E-state index contributed by atoms with van der Waals surface area (Å²) in [6, 6.07) is 0. The Labute approximate surface area is 89.4 Å². The monoisotopic (exact) mass is 201 g/mol. The normalized spacial score (nSPS) is 17.4. The van der Waals surface area contributed by atoms with Gasteiger partial charge in [-0.25, -0.2) is 0 Å². The first kappa shape index (κ1) is 13.9. The van der Waals surface area contributed by atoms with Crippen LogP contribution in [0.4, 0.5) is 0 Å². The van der Waals surface area contributed by atoms with Gasteiger partial charge in [0, 0.05) is 13.2 Å². The molecule has 0 aromatic heterocycles. The quantitative estimate of drug-likeness (QED) is 0.691. The molecule has 1 aliphatic rings. The van der Waals surface area contributed by atoms with Crippen LogP contribution in [0.3, 0.4) is 0 Å². The van der Waals surface area contributed by atoms with E-state index in [-0.39, 0.29) is 0 Å². The van der Waals surface area contributed by atoms with Gasteiger partial charge < -0.3 is 10.1 Å². The molecule has 0 aromatic carbocycles. The van der Waals surface area contributed by atoms with E-state index in [2.05, 4.69) is 12.2 Å². The van der Waals surface area contributed by atoms with Gasteiger partial charge in [-0.3, -0.25) is 0 Å². The molecule has 0 radical (unpaired) electrons. The molecular formula is C12H27NO. The molecule has 2 heteroatoms. The standard InChI is InChI=1S/C10H21NO.C2H6/c1-2-8-12-9-5-10-3-6-11-7-4-10;1-2/h10-11H,2-9H2,1H3;1-2H3. The lowest BCUT2D eigenvalue weighted by Crippen LogP contribution is -2.28. The van der Waals surface area contributed by atoms with E-state index < -0.39 is 0 Å². The molecule has 0 bridgehead atoms. The second-order valence-corrected chi connectivity index (χ2v) is 3.59. The minimum atomic E-state index is 0.920. The number of hydrogen-bond donors (Lipinski definition) is 1. The molecule has 1 heterocycles. The molecule has 1 N–H and O–H groups in total. The van der Waals surface area contributed by atoms with Gasteiger partial charge in [-0.05, 0) is 44.7 Å². The SMILES string of the molecule is CC.CCCOCCC1CCNCC1. The third-order valence-corrected chi connectivity index (χ3v) is 2.48. The summed E-state index contributed by atoms with van der Waals surface area (Å²) in [7, 11) is 0. The van der Waals surface area contributed by atoms with E-state index in [1.54, 1.807) is 0 Å². The van der Waals surface area contributed by atoms with Crippen LogP contribution in [0.15, 0.2) is 0 Å². The Bertz CT molecular complexity index is 100. The van der Waals surface area contributed by atoms with Gasteiger partial charge in [0.1, 0.15) is 0 Å². The molecule has 2 nitrogen and oxygen atoms in total. The van der Waals surface area contributed by atoms with Crippen LogP contribution in [0, 0.1) is 5.92 Å². The van der Waals surface area contributed by atoms with Crippen molar-refractivity contribution < 1.29 is 4.74 Å². The molecule has 14 heavy (non-hydrogen) atoms. The third-order valence-electron chi connectivity index (χ3n) is 2.48. The molecule has 0 unspecified atom stereocenters. The number of rotatable bonds is 5. The summed E-state index contributed by atoms with van der Waals surface area (Å²) >= 11 is 0. The van der Waals surface area contributed by atoms with Crippen LogP contribution in [0.1, 0.15) is 46.5 Å². The van der Waals surface area contributed by atoms with Crippen LogP contribution in [-0.2, 0) is 4.74 Å². The molecule has 1 saturated heterocycles. The Kier molecular flexibility index (Phi) is 10.9. The third kappa shape index (κ3) is 7.34. The van der Waals surface area contributed by atoms with E-state index in [4.69, 9.17) is 4.74 Å². The van der Waals surface area contributed by atoms with E-state index in [9.17, 15) is 0 Å². The van der Waals surface area contributed by atoms with E-state index in [1.165, 1.54) is 32.4 Å². The zero-order chi connectivity index (χ0) is 10.6. The van der Waals surface area contributed by atoms with Gasteiger partial charge in [0.25, 0.3) is 0 Å². The van der Waals surface area contributed by atoms with Gasteiger partial charge in [0.15, 0.2) is 0 Å². The van der Waals surface area contributed by atoms with Crippen molar-refractivity contribution in [2.75, 3.05) is 26.3 Å². The lowest BCUT2D eigenvalue weighted by Gasteiger charge is -2.22. The van der Waals surface area contributed by atoms with Crippen molar-refractivity contribution in [2.24, 2.45) is 5.92 Å². The average Bonchev–Trinajstić information content (AvgIpc) is 2.29. The van der Waals surface area contributed by atoms with E-state index in [1.807, 2.05) is 13.8 Å². The number of nitrogens with one attached hydrogen (secondary N) is 1. The zero-order valence-electron chi connectivity index (χ0n) is 10.1. The number of ether oxygens (including phenoxy) is 1. The Hall–Kier alpha value is -0.0800. The summed E-state index contributed by atoms with van der Waals surface area (Å²) in [4.78, 5) is 0. The largest absolute Gasteiger partial charge is 0.381 e. The Morgan fingerprint density at radius 2 is 1.79 bits per heavy atom. The van der Waals surface area contributed by atoms with Crippen molar-refractivity contribution in [3.63, 3.8) is 0 Å². The zero-order valence-corrected chi connectivity index (χ0v) is 10.1. The smallest absolute Gasteiger partial charge is 0.0468 e. The topological polar surface area (TPSA) is 21.3 Å². The Morgan fingerprint density at radius 3 is 2.36 bits per heavy atom. The lowest BCUT2D eigenvalue weighted by molar-refractivity contribution is 0.115. The van der Waals surface area contributed by atoms with Crippen molar-refractivity contribution in [3.05, 3.63) is 0 Å². The summed E-state index contributed by atoms with van der Waals surface area (Å²) in [5.41, 5.74) is 0. The van der Waals surface area contributed by atoms with Gasteiger partial charge in [-0.2, -0.15) is 0 Å². The van der Waals surface area contributed by atoms with Crippen molar-refractivity contribution in [1.82, 2.24) is 5.32 Å². The van der Waals surface area contributed by atoms with Crippen LogP contribution in [0.25, 0.3) is 0 Å². The van der Waals surface area contributed by atoms with Crippen LogP contribution in [0.5, 0.6) is 0 Å². The summed E-state index contributed by atoms with van der Waals surface area (Å²) in [6.07, 6.45) is 5.10. The molecular weight excluding hydrogens is 174 g/mol. The highest BCUT2D eigenvalue weighted by Gasteiger charge is 2.11. The van der Waals surface area contributed by atoms with E-state index in [0.717, 1.165) is 25.6 Å². The molecule has 1 rings (SSSR count). The molecule has 86 valence electrons. The predicted octanol–water partition coefficient (Wildman–Crippen LogP) is 2.83. The second-order valence-electron chi connectivity index (χ2n) is 3.59. The van der Waals surface area contributed by atoms with Crippen LogP contribution >= 0.6 is 0 Å². The number of hydrogen-bond acceptors (Lipinski definition) is 2. The average molecular weight is 201 g/mol. The Morgan fingerprint density at radius 1 is 1.14 bits per heavy atom. The molecule has 0 aliphatic carbocycles. The van der Waals surface area contributed by atoms with Gasteiger partial charge in [0.05, 0.1) is 0 Å². The van der Waals surface area contributed by atoms with Crippen LogP contribution < -0.4 is 5.32 Å². The molecule has 0 spiro atoms. The van der Waals surface area contributed by atoms with Gasteiger partial charge >= 0.3 is 0 Å². The summed E-state index contributed by atoms with van der Waals surface area (Å²) < 4.78 is 5.47. The van der Waals surface area contributed by atoms with Crippen LogP contribution in [-0.4, -0.2) is 26.3 Å². The predicted molar refractivity (Wildman–Crippen MR) is 62.7 cm³/mol. The van der Waals surface area contributed by atoms with Crippen molar-refractivity contribution in [3.8, 4) is 0 Å². The minimum Gasteiger partial charge on any atom is -0.381 e. The van der Waals surface area contributed by atoms with Crippen molar-refractivity contribution in [2.45, 2.75) is 46.5 Å². The summed E-state index contributed by atoms with van der Waals surface area (Å²) in [6.45, 7) is 10.5. The van der Waals surface area contributed by atoms with Crippen molar-refractivity contribution >= 4 is 0 Å². The molecule has 0 atom stereocenters. The fourth-order valence-electron chi connectivity index (χ4n) is 1.67. The highest BCUT2D eigenvalue weighted by molar-refractivity contribution is 4.67. The van der Waals surface area contributed by atoms with E-state index >= 15 is 0 Å². The summed E-state index contributed by atoms with van der Waals surface area (Å²) in [5, 5.41) is 3.38. The first-order valence-corrected chi connectivity index (χ1v) is 6.22. The first-order chi connectivity index (χ1) is 6.93. The molecule has 0 saturated carbocycles. The van der Waals surface area contributed by atoms with E-state index in [0.29, 0.717) is 0 Å². The Balaban J connectivity index is 0.000000791. The molecule has 0 aromatic rings. The minimum absolute atomic E-state index is 0.920. The fourth-order valence-corrected chi connectivity index (χ4v) is 1.67. The highest BCUT2D eigenvalue weighted by atomic mass is 16.5. The second kappa shape index (κ2) is 11.0. The molecule has 1 fully saturated rings. The van der Waals surface area contributed by atoms with Crippen LogP contribution in [0.2, 0.25) is 0 Å². The lowest BCUT2D eigenvalue weighted by atomic mass is 9.95. The van der Waals surface area contributed by atoms with Crippen molar-refractivity contribution in [1.29, 1.82) is 0 Å². The maximum atomic E-state index is 5.47.